The molecule has 2 rings (SSSR count). The molecule has 0 fully saturated rings. The van der Waals surface area contributed by atoms with E-state index in [0.717, 1.165) is 14.5 Å². The maximum Gasteiger partial charge on any atom is 0.244 e. The van der Waals surface area contributed by atoms with Crippen LogP contribution in [0.4, 0.5) is 0 Å². The number of nitrogens with zero attached hydrogens (tertiary/aromatic N) is 1. The van der Waals surface area contributed by atoms with Gasteiger partial charge < -0.3 is 4.42 Å². The topological polar surface area (TPSA) is 54.6 Å². The average Bonchev–Trinajstić information content (AvgIpc) is 2.71. The van der Waals surface area contributed by atoms with E-state index in [4.69, 9.17) is 4.42 Å². The number of hydrogen-bond acceptors (Lipinski definition) is 3. The molecule has 20 heavy (non-hydrogen) atoms. The highest BCUT2D eigenvalue weighted by atomic mass is 79.9. The third kappa shape index (κ3) is 4.57. The van der Waals surface area contributed by atoms with Gasteiger partial charge in [-0.1, -0.05) is 28.1 Å². The molecular formula is C13H9Br3N2O2. The van der Waals surface area contributed by atoms with Gasteiger partial charge in [0.1, 0.15) is 5.76 Å². The lowest BCUT2D eigenvalue weighted by Crippen LogP contribution is -2.19. The Labute approximate surface area is 141 Å². The fourth-order valence-corrected chi connectivity index (χ4v) is 2.29. The van der Waals surface area contributed by atoms with Crippen LogP contribution >= 0.6 is 47.8 Å². The summed E-state index contributed by atoms with van der Waals surface area (Å²) < 4.78 is 7.65. The van der Waals surface area contributed by atoms with Crippen LogP contribution < -0.4 is 5.43 Å². The minimum Gasteiger partial charge on any atom is -0.447 e. The summed E-state index contributed by atoms with van der Waals surface area (Å²) in [6, 6.07) is 9.30. The molecule has 1 N–H and O–H groups in total. The van der Waals surface area contributed by atoms with Gasteiger partial charge in [-0.15, -0.1) is 0 Å². The number of furan rings is 1. The molecule has 0 aliphatic carbocycles. The Morgan fingerprint density at radius 2 is 1.95 bits per heavy atom. The van der Waals surface area contributed by atoms with Gasteiger partial charge in [-0.3, -0.25) is 4.79 Å². The molecule has 0 saturated carbocycles. The first-order chi connectivity index (χ1) is 9.54. The zero-order valence-corrected chi connectivity index (χ0v) is 14.8. The van der Waals surface area contributed by atoms with Crippen LogP contribution in [0.3, 0.4) is 0 Å². The van der Waals surface area contributed by atoms with Crippen LogP contribution in [0.15, 0.2) is 53.5 Å². The quantitative estimate of drug-likeness (QED) is 0.543. The molecule has 0 spiro atoms. The summed E-state index contributed by atoms with van der Waals surface area (Å²) in [5.74, 6) is 0.348. The minimum absolute atomic E-state index is 0.187. The second-order valence-electron chi connectivity index (χ2n) is 3.87. The molecule has 1 aromatic heterocycles. The molecule has 0 bridgehead atoms. The largest absolute Gasteiger partial charge is 0.447 e. The first-order valence-corrected chi connectivity index (χ1v) is 7.93. The van der Waals surface area contributed by atoms with Crippen LogP contribution in [-0.2, 0) is 11.2 Å². The van der Waals surface area contributed by atoms with Crippen molar-refractivity contribution in [2.45, 2.75) is 6.42 Å². The number of amides is 1. The van der Waals surface area contributed by atoms with Crippen LogP contribution in [0.5, 0.6) is 0 Å². The van der Waals surface area contributed by atoms with E-state index in [1.165, 1.54) is 6.21 Å². The molecule has 104 valence electrons. The molecule has 7 heteroatoms. The molecule has 0 aliphatic rings. The Hall–Kier alpha value is -0.920. The van der Waals surface area contributed by atoms with E-state index >= 15 is 0 Å². The van der Waals surface area contributed by atoms with Gasteiger partial charge in [-0.2, -0.15) is 5.10 Å². The van der Waals surface area contributed by atoms with Gasteiger partial charge in [0.15, 0.2) is 4.67 Å². The lowest BCUT2D eigenvalue weighted by Gasteiger charge is -2.00. The number of rotatable bonds is 4. The van der Waals surface area contributed by atoms with Crippen molar-refractivity contribution in [1.82, 2.24) is 5.43 Å². The molecular weight excluding hydrogens is 456 g/mol. The lowest BCUT2D eigenvalue weighted by molar-refractivity contribution is -0.120. The summed E-state index contributed by atoms with van der Waals surface area (Å²) in [6.45, 7) is 0. The highest BCUT2D eigenvalue weighted by molar-refractivity contribution is 9.13. The molecule has 0 atom stereocenters. The molecule has 0 aliphatic heterocycles. The monoisotopic (exact) mass is 462 g/mol. The van der Waals surface area contributed by atoms with Crippen molar-refractivity contribution >= 4 is 59.9 Å². The predicted molar refractivity (Wildman–Crippen MR) is 87.7 cm³/mol. The summed E-state index contributed by atoms with van der Waals surface area (Å²) in [5, 5.41) is 3.84. The molecule has 0 unspecified atom stereocenters. The van der Waals surface area contributed by atoms with Gasteiger partial charge >= 0.3 is 0 Å². The van der Waals surface area contributed by atoms with E-state index in [1.54, 1.807) is 6.07 Å². The zero-order valence-electron chi connectivity index (χ0n) is 10.1. The fraction of sp³-hybridized carbons (Fsp3) is 0.0769. The van der Waals surface area contributed by atoms with Crippen LogP contribution in [-0.4, -0.2) is 12.1 Å². The Morgan fingerprint density at radius 3 is 2.55 bits per heavy atom. The third-order valence-electron chi connectivity index (χ3n) is 2.32. The molecule has 4 nitrogen and oxygen atoms in total. The average molecular weight is 465 g/mol. The summed E-state index contributed by atoms with van der Waals surface area (Å²) in [6.07, 6.45) is 1.71. The maximum absolute atomic E-state index is 11.7. The predicted octanol–water partition coefficient (Wildman–Crippen LogP) is 4.26. The van der Waals surface area contributed by atoms with Crippen LogP contribution in [0.25, 0.3) is 0 Å². The fourth-order valence-electron chi connectivity index (χ4n) is 1.42. The van der Waals surface area contributed by atoms with E-state index in [2.05, 4.69) is 58.3 Å². The van der Waals surface area contributed by atoms with Crippen molar-refractivity contribution in [2.24, 2.45) is 5.10 Å². The number of benzene rings is 1. The molecule has 1 aromatic carbocycles. The highest BCUT2D eigenvalue weighted by Crippen LogP contribution is 2.25. The number of halogens is 3. The Bertz CT molecular complexity index is 616. The summed E-state index contributed by atoms with van der Waals surface area (Å²) >= 11 is 9.86. The first kappa shape index (κ1) is 15.5. The van der Waals surface area contributed by atoms with Gasteiger partial charge in [0.05, 0.1) is 17.1 Å². The standard InChI is InChI=1S/C13H9Br3N2O2/c14-9-3-1-8(2-4-9)5-12(19)18-17-7-10-6-11(15)13(16)20-10/h1-4,6-7H,5H2,(H,18,19)/b17-7+. The molecule has 1 heterocycles. The second kappa shape index (κ2) is 7.19. The highest BCUT2D eigenvalue weighted by Gasteiger charge is 2.04. The molecule has 1 amide bonds. The minimum atomic E-state index is -0.187. The van der Waals surface area contributed by atoms with Gasteiger partial charge in [-0.05, 0) is 49.6 Å². The SMILES string of the molecule is O=C(Cc1ccc(Br)cc1)N/N=C/c1cc(Br)c(Br)o1. The van der Waals surface area contributed by atoms with Crippen LogP contribution in [0.1, 0.15) is 11.3 Å². The number of carbonyl (C=O) groups excluding carboxylic acids is 1. The number of hydrogen-bond donors (Lipinski definition) is 1. The third-order valence-corrected chi connectivity index (χ3v) is 4.56. The van der Waals surface area contributed by atoms with Crippen molar-refractivity contribution in [3.63, 3.8) is 0 Å². The van der Waals surface area contributed by atoms with Gasteiger partial charge in [0.2, 0.25) is 5.91 Å². The second-order valence-corrected chi connectivity index (χ2v) is 6.36. The number of carbonyl (C=O) groups is 1. The van der Waals surface area contributed by atoms with Gasteiger partial charge in [-0.25, -0.2) is 5.43 Å². The van der Waals surface area contributed by atoms with Crippen LogP contribution in [0.2, 0.25) is 0 Å². The van der Waals surface area contributed by atoms with E-state index in [1.807, 2.05) is 24.3 Å². The first-order valence-electron chi connectivity index (χ1n) is 5.56. The van der Waals surface area contributed by atoms with Crippen molar-refractivity contribution in [1.29, 1.82) is 0 Å². The van der Waals surface area contributed by atoms with E-state index < -0.39 is 0 Å². The van der Waals surface area contributed by atoms with Crippen LogP contribution in [0, 0.1) is 0 Å². The number of hydrazone groups is 1. The van der Waals surface area contributed by atoms with E-state index in [0.29, 0.717) is 10.4 Å². The summed E-state index contributed by atoms with van der Waals surface area (Å²) in [7, 11) is 0. The maximum atomic E-state index is 11.7. The van der Waals surface area contributed by atoms with Gasteiger partial charge in [0.25, 0.3) is 0 Å². The normalized spacial score (nSPS) is 10.9. The van der Waals surface area contributed by atoms with Crippen molar-refractivity contribution in [3.05, 3.63) is 55.3 Å². The lowest BCUT2D eigenvalue weighted by atomic mass is 10.1. The smallest absolute Gasteiger partial charge is 0.244 e. The van der Waals surface area contributed by atoms with E-state index in [9.17, 15) is 4.79 Å². The molecule has 2 aromatic rings. The van der Waals surface area contributed by atoms with Crippen molar-refractivity contribution < 1.29 is 9.21 Å². The van der Waals surface area contributed by atoms with E-state index in [-0.39, 0.29) is 12.3 Å². The Kier molecular flexibility index (Phi) is 5.56. The molecule has 0 radical (unpaired) electrons. The summed E-state index contributed by atoms with van der Waals surface area (Å²) in [5.41, 5.74) is 3.37. The Balaban J connectivity index is 1.87. The number of nitrogens with one attached hydrogen (secondary N) is 1. The molecule has 0 saturated heterocycles. The Morgan fingerprint density at radius 1 is 1.25 bits per heavy atom. The van der Waals surface area contributed by atoms with Gasteiger partial charge in [0, 0.05) is 10.5 Å². The van der Waals surface area contributed by atoms with Crippen molar-refractivity contribution in [3.8, 4) is 0 Å². The summed E-state index contributed by atoms with van der Waals surface area (Å²) in [4.78, 5) is 11.7. The van der Waals surface area contributed by atoms with Crippen molar-refractivity contribution in [2.75, 3.05) is 0 Å². The zero-order chi connectivity index (χ0) is 14.5.